The number of nitrogens with zero attached hydrogens (tertiary/aromatic N) is 2. The van der Waals surface area contributed by atoms with Crippen molar-refractivity contribution in [1.29, 1.82) is 0 Å². The van der Waals surface area contributed by atoms with Crippen LogP contribution in [0.3, 0.4) is 0 Å². The van der Waals surface area contributed by atoms with Crippen LogP contribution < -0.4 is 10.9 Å². The second-order valence-corrected chi connectivity index (χ2v) is 5.73. The minimum atomic E-state index is -0.384. The summed E-state index contributed by atoms with van der Waals surface area (Å²) >= 11 is 9.48. The summed E-state index contributed by atoms with van der Waals surface area (Å²) < 4.78 is 0.905. The zero-order chi connectivity index (χ0) is 15.5. The largest absolute Gasteiger partial charge is 0.282 e. The van der Waals surface area contributed by atoms with Crippen molar-refractivity contribution in [2.45, 2.75) is 0 Å². The van der Waals surface area contributed by atoms with E-state index >= 15 is 0 Å². The van der Waals surface area contributed by atoms with Gasteiger partial charge >= 0.3 is 0 Å². The van der Waals surface area contributed by atoms with E-state index in [9.17, 15) is 4.79 Å². The van der Waals surface area contributed by atoms with Crippen LogP contribution in [-0.2, 0) is 0 Å². The van der Waals surface area contributed by atoms with Crippen LogP contribution in [0.25, 0.3) is 10.9 Å². The Balaban J connectivity index is 1.85. The maximum Gasteiger partial charge on any atom is 0.272 e. The number of aromatic nitrogens is 2. The molecule has 0 fully saturated rings. The molecule has 0 aliphatic heterocycles. The predicted molar refractivity (Wildman–Crippen MR) is 89.8 cm³/mol. The first kappa shape index (κ1) is 14.7. The second kappa shape index (κ2) is 6.29. The van der Waals surface area contributed by atoms with Crippen LogP contribution >= 0.6 is 27.5 Å². The maximum absolute atomic E-state index is 12.2. The molecule has 0 aliphatic rings. The van der Waals surface area contributed by atoms with E-state index in [1.165, 1.54) is 0 Å². The average Bonchev–Trinajstić information content (AvgIpc) is 2.53. The van der Waals surface area contributed by atoms with E-state index in [4.69, 9.17) is 11.6 Å². The van der Waals surface area contributed by atoms with E-state index < -0.39 is 0 Å². The molecule has 22 heavy (non-hydrogen) atoms. The zero-order valence-electron chi connectivity index (χ0n) is 11.2. The van der Waals surface area contributed by atoms with Gasteiger partial charge in [-0.1, -0.05) is 33.6 Å². The topological polar surface area (TPSA) is 66.9 Å². The number of amides is 1. The molecule has 1 amide bonds. The number of pyridine rings is 2. The molecule has 0 atom stereocenters. The predicted octanol–water partition coefficient (Wildman–Crippen LogP) is 3.80. The van der Waals surface area contributed by atoms with Gasteiger partial charge < -0.3 is 0 Å². The van der Waals surface area contributed by atoms with E-state index in [0.717, 1.165) is 15.4 Å². The first-order chi connectivity index (χ1) is 10.6. The highest BCUT2D eigenvalue weighted by atomic mass is 79.9. The molecule has 0 aliphatic carbocycles. The molecule has 110 valence electrons. The highest BCUT2D eigenvalue weighted by molar-refractivity contribution is 9.10. The summed E-state index contributed by atoms with van der Waals surface area (Å²) in [4.78, 5) is 20.5. The molecule has 3 aromatic rings. The molecule has 2 aromatic heterocycles. The fraction of sp³-hybridized carbons (Fsp3) is 0. The number of anilines is 1. The first-order valence-corrected chi connectivity index (χ1v) is 7.54. The number of carbonyl (C=O) groups is 1. The third kappa shape index (κ3) is 3.18. The van der Waals surface area contributed by atoms with Crippen molar-refractivity contribution in [3.8, 4) is 0 Å². The van der Waals surface area contributed by atoms with Crippen molar-refractivity contribution in [2.75, 3.05) is 5.43 Å². The Morgan fingerprint density at radius 1 is 1.18 bits per heavy atom. The summed E-state index contributed by atoms with van der Waals surface area (Å²) in [6, 6.07) is 12.6. The Hall–Kier alpha value is -2.18. The van der Waals surface area contributed by atoms with Crippen molar-refractivity contribution in [2.24, 2.45) is 0 Å². The van der Waals surface area contributed by atoms with Crippen molar-refractivity contribution in [3.05, 3.63) is 63.9 Å². The number of halogens is 2. The van der Waals surface area contributed by atoms with Gasteiger partial charge in [-0.05, 0) is 36.4 Å². The van der Waals surface area contributed by atoms with Gasteiger partial charge in [0, 0.05) is 16.1 Å². The Kier molecular flexibility index (Phi) is 4.22. The average molecular weight is 378 g/mol. The zero-order valence-corrected chi connectivity index (χ0v) is 13.5. The molecule has 2 N–H and O–H groups in total. The number of carbonyl (C=O) groups excluding carboxylic acids is 1. The van der Waals surface area contributed by atoms with Crippen molar-refractivity contribution in [1.82, 2.24) is 15.4 Å². The van der Waals surface area contributed by atoms with E-state index in [1.54, 1.807) is 24.4 Å². The normalized spacial score (nSPS) is 10.5. The van der Waals surface area contributed by atoms with E-state index in [0.29, 0.717) is 5.82 Å². The number of hydrogen-bond donors (Lipinski definition) is 2. The fourth-order valence-corrected chi connectivity index (χ4v) is 2.52. The molecule has 0 spiro atoms. The van der Waals surface area contributed by atoms with Gasteiger partial charge in [0.1, 0.15) is 11.0 Å². The van der Waals surface area contributed by atoms with Gasteiger partial charge in [-0.3, -0.25) is 15.6 Å². The monoisotopic (exact) mass is 376 g/mol. The standard InChI is InChI=1S/C15H10BrClN4O/c16-10-4-5-12-9(7-10)8-11(14(17)19-12)15(22)21-20-13-3-1-2-6-18-13/h1-8H,(H,18,20)(H,21,22). The molecule has 0 saturated heterocycles. The molecule has 0 saturated carbocycles. The van der Waals surface area contributed by atoms with Crippen LogP contribution in [-0.4, -0.2) is 15.9 Å². The van der Waals surface area contributed by atoms with Crippen LogP contribution in [0.1, 0.15) is 10.4 Å². The van der Waals surface area contributed by atoms with Crippen molar-refractivity contribution >= 4 is 50.2 Å². The van der Waals surface area contributed by atoms with Gasteiger partial charge in [0.15, 0.2) is 0 Å². The summed E-state index contributed by atoms with van der Waals surface area (Å²) in [5.41, 5.74) is 6.28. The Labute approximate surface area is 139 Å². The van der Waals surface area contributed by atoms with Crippen LogP contribution in [0, 0.1) is 0 Å². The second-order valence-electron chi connectivity index (χ2n) is 4.46. The number of fused-ring (bicyclic) bond motifs is 1. The Bertz CT molecular complexity index is 842. The number of benzene rings is 1. The van der Waals surface area contributed by atoms with Crippen LogP contribution in [0.5, 0.6) is 0 Å². The lowest BCUT2D eigenvalue weighted by molar-refractivity contribution is 0.0962. The van der Waals surface area contributed by atoms with E-state index in [2.05, 4.69) is 36.7 Å². The Morgan fingerprint density at radius 3 is 2.82 bits per heavy atom. The molecule has 0 radical (unpaired) electrons. The van der Waals surface area contributed by atoms with Gasteiger partial charge in [-0.15, -0.1) is 0 Å². The number of hydrazine groups is 1. The Morgan fingerprint density at radius 2 is 2.05 bits per heavy atom. The van der Waals surface area contributed by atoms with Gasteiger partial charge in [0.2, 0.25) is 0 Å². The maximum atomic E-state index is 12.2. The summed E-state index contributed by atoms with van der Waals surface area (Å²) in [6.45, 7) is 0. The van der Waals surface area contributed by atoms with Crippen molar-refractivity contribution < 1.29 is 4.79 Å². The van der Waals surface area contributed by atoms with Crippen LogP contribution in [0.2, 0.25) is 5.15 Å². The van der Waals surface area contributed by atoms with Gasteiger partial charge in [-0.25, -0.2) is 9.97 Å². The quantitative estimate of drug-likeness (QED) is 0.538. The molecule has 5 nitrogen and oxygen atoms in total. The third-order valence-corrected chi connectivity index (χ3v) is 3.73. The molecule has 2 heterocycles. The smallest absolute Gasteiger partial charge is 0.272 e. The van der Waals surface area contributed by atoms with E-state index in [1.807, 2.05) is 24.3 Å². The molecule has 7 heteroatoms. The lowest BCUT2D eigenvalue weighted by Gasteiger charge is -2.09. The first-order valence-electron chi connectivity index (χ1n) is 6.37. The van der Waals surface area contributed by atoms with Gasteiger partial charge in [0.25, 0.3) is 5.91 Å². The lowest BCUT2D eigenvalue weighted by atomic mass is 10.1. The minimum Gasteiger partial charge on any atom is -0.282 e. The highest BCUT2D eigenvalue weighted by Crippen LogP contribution is 2.23. The van der Waals surface area contributed by atoms with Crippen molar-refractivity contribution in [3.63, 3.8) is 0 Å². The summed E-state index contributed by atoms with van der Waals surface area (Å²) in [5, 5.41) is 0.969. The molecular weight excluding hydrogens is 368 g/mol. The number of nitrogens with one attached hydrogen (secondary N) is 2. The molecule has 0 unspecified atom stereocenters. The summed E-state index contributed by atoms with van der Waals surface area (Å²) in [7, 11) is 0. The van der Waals surface area contributed by atoms with Crippen LogP contribution in [0.15, 0.2) is 53.1 Å². The number of rotatable bonds is 3. The summed E-state index contributed by atoms with van der Waals surface area (Å²) in [6.07, 6.45) is 1.62. The number of hydrogen-bond acceptors (Lipinski definition) is 4. The van der Waals surface area contributed by atoms with Crippen LogP contribution in [0.4, 0.5) is 5.82 Å². The SMILES string of the molecule is O=C(NNc1ccccn1)c1cc2cc(Br)ccc2nc1Cl. The lowest BCUT2D eigenvalue weighted by Crippen LogP contribution is -2.30. The molecule has 0 bridgehead atoms. The fourth-order valence-electron chi connectivity index (χ4n) is 1.91. The molecule has 1 aromatic carbocycles. The van der Waals surface area contributed by atoms with Gasteiger partial charge in [-0.2, -0.15) is 0 Å². The van der Waals surface area contributed by atoms with Gasteiger partial charge in [0.05, 0.1) is 11.1 Å². The van der Waals surface area contributed by atoms with E-state index in [-0.39, 0.29) is 16.6 Å². The molecule has 3 rings (SSSR count). The third-order valence-electron chi connectivity index (χ3n) is 2.94. The minimum absolute atomic E-state index is 0.148. The highest BCUT2D eigenvalue weighted by Gasteiger charge is 2.13. The summed E-state index contributed by atoms with van der Waals surface area (Å²) in [5.74, 6) is 0.147. The molecular formula is C15H10BrClN4O.